The molecule has 0 bridgehead atoms. The number of aliphatic carboxylic acids is 4. The quantitative estimate of drug-likeness (QED) is 0.0237. The van der Waals surface area contributed by atoms with E-state index in [1.54, 1.807) is 45.0 Å². The average molecular weight is 1610 g/mol. The van der Waals surface area contributed by atoms with Gasteiger partial charge in [-0.2, -0.15) is 0 Å². The number of carboxylic acids is 4. The van der Waals surface area contributed by atoms with Gasteiger partial charge in [-0.25, -0.2) is 0 Å². The summed E-state index contributed by atoms with van der Waals surface area (Å²) >= 11 is 1.23. The van der Waals surface area contributed by atoms with E-state index in [-0.39, 0.29) is 107 Å². The lowest BCUT2D eigenvalue weighted by atomic mass is 10.0. The standard InChI is InChI=1S/C71H107N17O22S2/c1-4-5-7-19-53(91)75-49-41-112-60-59(70(109)82(3)71(60)110)111-40-48(65(104)79-47(36-54(92)93)64(103)76-44(61(73)100)16-10-11-22-74-23-26-83-27-29-84(37-55(94)95)31-33-86(39-57(98)99)34-32-85(30-28-83)38-56(96)97)80-63(102)46(35-43-14-8-6-9-15-43)78-62(101)45(20-21-52(72)90)77-67(106)58(42(2)89)81-66(105)50-17-12-24-87(50)69(108)51-18-13-25-88(51)68(49)107/h6,8-9,14-15,42,44-51,58,74,89H,4-5,7,10-13,16-41H2,1-3H3,(H2,72,90)(H2,73,100)(H,75,91)(H,76,103)(H,77,106)(H,78,101)(H,79,104)(H,80,102)(H,81,105)(H,92,93)(H,94,95)(H,96,97)(H,98,99)/t42-,44+,45+,46+,47+,48+,49+,50+,51+,58+/m1/s1. The molecule has 17 N–H and O–H groups in total. The van der Waals surface area contributed by atoms with E-state index in [4.69, 9.17) is 11.5 Å². The van der Waals surface area contributed by atoms with Gasteiger partial charge in [-0.15, -0.1) is 23.5 Å². The third kappa shape index (κ3) is 29.3. The van der Waals surface area contributed by atoms with Crippen LogP contribution in [0.1, 0.15) is 109 Å². The number of carboxylic acid groups (broad SMARTS) is 4. The molecular weight excluding hydrogens is 1510 g/mol. The molecule has 0 aliphatic carbocycles. The third-order valence-corrected chi connectivity index (χ3v) is 22.1. The number of hydrogen-bond acceptors (Lipinski definition) is 25. The summed E-state index contributed by atoms with van der Waals surface area (Å²) in [5, 5.41) is 70.9. The van der Waals surface area contributed by atoms with E-state index in [0.29, 0.717) is 107 Å². The minimum Gasteiger partial charge on any atom is -0.481 e. The van der Waals surface area contributed by atoms with Crippen molar-refractivity contribution >= 4 is 124 Å². The second-order valence-corrected chi connectivity index (χ2v) is 30.3. The zero-order chi connectivity index (χ0) is 82.3. The van der Waals surface area contributed by atoms with Crippen molar-refractivity contribution in [1.82, 2.24) is 76.8 Å². The molecule has 0 saturated carbocycles. The monoisotopic (exact) mass is 1610 g/mol. The van der Waals surface area contributed by atoms with Gasteiger partial charge in [-0.05, 0) is 76.8 Å². The second-order valence-electron chi connectivity index (χ2n) is 28.2. The first-order chi connectivity index (χ1) is 53.2. The fraction of sp³-hybridized carbons (Fsp3) is 0.648. The smallest absolute Gasteiger partial charge is 0.317 e. The van der Waals surface area contributed by atoms with Gasteiger partial charge < -0.3 is 89.3 Å². The highest BCUT2D eigenvalue weighted by atomic mass is 32.2. The summed E-state index contributed by atoms with van der Waals surface area (Å²) in [5.41, 5.74) is 11.7. The van der Waals surface area contributed by atoms with Crippen LogP contribution in [0.25, 0.3) is 0 Å². The maximum absolute atomic E-state index is 15.1. The maximum atomic E-state index is 15.1. The van der Waals surface area contributed by atoms with Crippen LogP contribution in [0.2, 0.25) is 0 Å². The van der Waals surface area contributed by atoms with Crippen LogP contribution >= 0.6 is 23.5 Å². The Hall–Kier alpha value is -9.39. The number of likely N-dealkylation sites (N-methyl/N-ethyl adjacent to an activating group) is 1. The van der Waals surface area contributed by atoms with E-state index in [2.05, 4.69) is 42.5 Å². The zero-order valence-corrected chi connectivity index (χ0v) is 64.9. The Morgan fingerprint density at radius 2 is 1.12 bits per heavy atom. The molecular formula is C71H107N17O22S2. The lowest BCUT2D eigenvalue weighted by Gasteiger charge is -2.33. The molecule has 10 atom stereocenters. The lowest BCUT2D eigenvalue weighted by molar-refractivity contribution is -0.148. The topological polar surface area (TPSA) is 562 Å². The Morgan fingerprint density at radius 3 is 1.67 bits per heavy atom. The first kappa shape index (κ1) is 91.5. The SMILES string of the molecule is CCCCCC(=O)N[C@H]1CSC2=C(SC[C@@H](C(=O)N[C@@H](CC(=O)O)C(=O)N[C@@H](CCCCNCCN3CCN(CC(=O)O)CCN(CC(=O)O)CCN(CC(=O)O)CC3)C(N)=O)NC(=O)[C@H](Cc3ccccc3)NC(=O)[C@H](CCC(N)=O)NC(=O)[C@H]([C@@H](C)O)NC(=O)[C@@H]3CCCN3C(=O)[C@@H]3CCCN3C1=O)C(=O)N(C)C2=O. The molecule has 112 heavy (non-hydrogen) atoms. The number of fused-ring (bicyclic) bond motifs is 2. The summed E-state index contributed by atoms with van der Waals surface area (Å²) < 4.78 is 0. The fourth-order valence-electron chi connectivity index (χ4n) is 13.4. The normalized spacial score (nSPS) is 23.4. The average Bonchev–Trinajstić information content (AvgIpc) is 1.65. The Bertz CT molecular complexity index is 3550. The molecule has 0 radical (unpaired) electrons. The zero-order valence-electron chi connectivity index (χ0n) is 63.3. The van der Waals surface area contributed by atoms with Crippen molar-refractivity contribution in [3.8, 4) is 0 Å². The number of primary amides is 2. The predicted octanol–water partition coefficient (Wildman–Crippen LogP) is -5.28. The highest BCUT2D eigenvalue weighted by Crippen LogP contribution is 2.37. The number of hydrogen-bond donors (Lipinski definition) is 15. The largest absolute Gasteiger partial charge is 0.481 e. The first-order valence-corrected chi connectivity index (χ1v) is 39.5. The van der Waals surface area contributed by atoms with Crippen LogP contribution < -0.4 is 54.0 Å². The molecule has 1 aromatic carbocycles. The number of benzene rings is 1. The first-order valence-electron chi connectivity index (χ1n) is 37.6. The van der Waals surface area contributed by atoms with Crippen LogP contribution in [0.4, 0.5) is 0 Å². The lowest BCUT2D eigenvalue weighted by Crippen LogP contribution is -2.62. The van der Waals surface area contributed by atoms with Crippen LogP contribution in [0.3, 0.4) is 0 Å². The molecule has 0 aromatic heterocycles. The van der Waals surface area contributed by atoms with Crippen molar-refractivity contribution in [1.29, 1.82) is 0 Å². The molecule has 39 nitrogen and oxygen atoms in total. The second kappa shape index (κ2) is 46.0. The van der Waals surface area contributed by atoms with Gasteiger partial charge in [-0.1, -0.05) is 50.1 Å². The van der Waals surface area contributed by atoms with E-state index in [1.165, 1.54) is 9.80 Å². The van der Waals surface area contributed by atoms with Crippen molar-refractivity contribution in [3.05, 3.63) is 45.7 Å². The van der Waals surface area contributed by atoms with E-state index in [1.807, 2.05) is 11.8 Å². The number of thioether (sulfide) groups is 2. The van der Waals surface area contributed by atoms with Crippen molar-refractivity contribution < 1.29 is 107 Å². The van der Waals surface area contributed by atoms with Gasteiger partial charge in [0.15, 0.2) is 0 Å². The molecule has 5 aliphatic heterocycles. The molecule has 13 amide bonds. The van der Waals surface area contributed by atoms with Crippen LogP contribution in [0, 0.1) is 0 Å². The number of unbranched alkanes of at least 4 members (excludes halogenated alkanes) is 3. The number of imide groups is 1. The van der Waals surface area contributed by atoms with Crippen LogP contribution in [0.15, 0.2) is 40.1 Å². The maximum Gasteiger partial charge on any atom is 0.317 e. The minimum atomic E-state index is -2.04. The van der Waals surface area contributed by atoms with Crippen LogP contribution in [0.5, 0.6) is 0 Å². The van der Waals surface area contributed by atoms with Gasteiger partial charge in [0.25, 0.3) is 11.8 Å². The molecule has 5 heterocycles. The molecule has 3 fully saturated rings. The van der Waals surface area contributed by atoms with E-state index in [0.717, 1.165) is 25.3 Å². The third-order valence-electron chi connectivity index (χ3n) is 19.6. The van der Waals surface area contributed by atoms with Crippen molar-refractivity contribution in [3.63, 3.8) is 0 Å². The fourth-order valence-corrected chi connectivity index (χ4v) is 15.9. The van der Waals surface area contributed by atoms with E-state index >= 15 is 9.59 Å². The number of nitrogens with zero attached hydrogens (tertiary/aromatic N) is 7. The summed E-state index contributed by atoms with van der Waals surface area (Å²) in [6.45, 7) is 5.67. The molecule has 3 saturated heterocycles. The number of amides is 13. The molecule has 6 rings (SSSR count). The van der Waals surface area contributed by atoms with Gasteiger partial charge in [0.1, 0.15) is 54.4 Å². The number of carbonyl (C=O) groups excluding carboxylic acids is 13. The Morgan fingerprint density at radius 1 is 0.580 bits per heavy atom. The van der Waals surface area contributed by atoms with Gasteiger partial charge in [0, 0.05) is 116 Å². The summed E-state index contributed by atoms with van der Waals surface area (Å²) in [6.07, 6.45) is -1.13. The Balaban J connectivity index is 1.29. The van der Waals surface area contributed by atoms with Crippen LogP contribution in [-0.2, 0) is 87.9 Å². The van der Waals surface area contributed by atoms with Crippen molar-refractivity contribution in [2.24, 2.45) is 11.5 Å². The summed E-state index contributed by atoms with van der Waals surface area (Å²) in [7, 11) is 1.15. The van der Waals surface area contributed by atoms with Gasteiger partial charge in [-0.3, -0.25) is 106 Å². The van der Waals surface area contributed by atoms with E-state index < -0.39 is 192 Å². The molecule has 41 heteroatoms. The number of rotatable bonds is 32. The predicted molar refractivity (Wildman–Crippen MR) is 404 cm³/mol. The molecule has 620 valence electrons. The molecule has 0 unspecified atom stereocenters. The minimum absolute atomic E-state index is 0.0146. The summed E-state index contributed by atoms with van der Waals surface area (Å²) in [5.74, 6) is -18.6. The van der Waals surface area contributed by atoms with Crippen molar-refractivity contribution in [2.45, 2.75) is 171 Å². The van der Waals surface area contributed by atoms with Gasteiger partial charge >= 0.3 is 23.9 Å². The highest BCUT2D eigenvalue weighted by Gasteiger charge is 2.46. The van der Waals surface area contributed by atoms with Crippen molar-refractivity contribution in [2.75, 3.05) is 123 Å². The number of carbonyl (C=O) groups is 17. The summed E-state index contributed by atoms with van der Waals surface area (Å²) in [6, 6.07) is -6.71. The number of nitrogens with one attached hydrogen (secondary N) is 8. The summed E-state index contributed by atoms with van der Waals surface area (Å²) in [4.78, 5) is 243. The molecule has 1 aromatic rings. The van der Waals surface area contributed by atoms with Gasteiger partial charge in [0.05, 0.1) is 42.0 Å². The molecule has 5 aliphatic rings. The molecule has 0 spiro atoms. The van der Waals surface area contributed by atoms with Crippen LogP contribution in [-0.4, -0.2) is 344 Å². The number of aliphatic hydroxyl groups excluding tert-OH is 1. The number of aliphatic hydroxyl groups is 1. The van der Waals surface area contributed by atoms with Gasteiger partial charge in [0.2, 0.25) is 65.0 Å². The Labute approximate surface area is 656 Å². The Kier molecular flexibility index (Phi) is 37.5. The highest BCUT2D eigenvalue weighted by molar-refractivity contribution is 8.08. The van der Waals surface area contributed by atoms with E-state index in [9.17, 15) is 97.5 Å². The number of nitrogens with two attached hydrogens (primary N) is 2.